The highest BCUT2D eigenvalue weighted by Gasteiger charge is 2.25. The number of hydrogen-bond acceptors (Lipinski definition) is 5. The van der Waals surface area contributed by atoms with Gasteiger partial charge in [0.05, 0.1) is 6.54 Å². The maximum atomic E-state index is 12.8. The number of benzene rings is 2. The number of carbonyl (C=O) groups excluding carboxylic acids is 2. The molecule has 0 bridgehead atoms. The molecule has 2 heterocycles. The van der Waals surface area contributed by atoms with Gasteiger partial charge in [-0.2, -0.15) is 5.10 Å². The number of anilines is 1. The number of nitrogens with zero attached hydrogens (tertiary/aromatic N) is 4. The number of nitrogens with one attached hydrogen (secondary N) is 1. The van der Waals surface area contributed by atoms with Crippen LogP contribution in [0, 0.1) is 0 Å². The van der Waals surface area contributed by atoms with Crippen molar-refractivity contribution in [3.05, 3.63) is 65.7 Å². The average molecular weight is 420 g/mol. The minimum Gasteiger partial charge on any atom is -0.369 e. The van der Waals surface area contributed by atoms with Gasteiger partial charge >= 0.3 is 0 Å². The molecule has 4 rings (SSSR count). The number of rotatable bonds is 6. The number of carbonyl (C=O) groups is 2. The van der Waals surface area contributed by atoms with E-state index in [1.807, 2.05) is 42.5 Å². The third kappa shape index (κ3) is 5.30. The van der Waals surface area contributed by atoms with E-state index in [0.29, 0.717) is 31.6 Å². The van der Waals surface area contributed by atoms with E-state index in [4.69, 9.17) is 0 Å². The molecule has 7 nitrogen and oxygen atoms in total. The van der Waals surface area contributed by atoms with Gasteiger partial charge in [0.15, 0.2) is 0 Å². The molecular formula is C24H29N5O2. The monoisotopic (exact) mass is 419 g/mol. The first-order valence-electron chi connectivity index (χ1n) is 10.8. The van der Waals surface area contributed by atoms with Gasteiger partial charge in [0.25, 0.3) is 5.91 Å². The molecule has 1 fully saturated rings. The van der Waals surface area contributed by atoms with Crippen molar-refractivity contribution in [2.75, 3.05) is 38.1 Å². The van der Waals surface area contributed by atoms with Gasteiger partial charge in [0, 0.05) is 51.3 Å². The van der Waals surface area contributed by atoms with Crippen LogP contribution >= 0.6 is 0 Å². The first kappa shape index (κ1) is 21.1. The van der Waals surface area contributed by atoms with Crippen LogP contribution in [-0.2, 0) is 22.7 Å². The van der Waals surface area contributed by atoms with Crippen molar-refractivity contribution >= 4 is 23.2 Å². The van der Waals surface area contributed by atoms with Crippen LogP contribution in [-0.4, -0.2) is 60.7 Å². The Balaban J connectivity index is 1.41. The largest absolute Gasteiger partial charge is 0.369 e. The molecule has 2 aliphatic rings. The Morgan fingerprint density at radius 2 is 1.68 bits per heavy atom. The van der Waals surface area contributed by atoms with Crippen LogP contribution in [0.15, 0.2) is 59.7 Å². The molecule has 2 amide bonds. The summed E-state index contributed by atoms with van der Waals surface area (Å²) in [7, 11) is 2.14. The zero-order chi connectivity index (χ0) is 21.6. The number of hydrazone groups is 1. The highest BCUT2D eigenvalue weighted by Crippen LogP contribution is 2.22. The van der Waals surface area contributed by atoms with Crippen LogP contribution in [0.4, 0.5) is 5.69 Å². The number of amides is 2. The molecule has 0 aliphatic carbocycles. The van der Waals surface area contributed by atoms with Gasteiger partial charge in [-0.3, -0.25) is 9.59 Å². The second-order valence-electron chi connectivity index (χ2n) is 8.09. The predicted molar refractivity (Wildman–Crippen MR) is 122 cm³/mol. The van der Waals surface area contributed by atoms with Crippen molar-refractivity contribution in [1.82, 2.24) is 15.2 Å². The summed E-state index contributed by atoms with van der Waals surface area (Å²) in [5.74, 6) is -0.264. The van der Waals surface area contributed by atoms with Crippen LogP contribution < -0.4 is 10.2 Å². The Morgan fingerprint density at radius 3 is 2.45 bits per heavy atom. The smallest absolute Gasteiger partial charge is 0.267 e. The van der Waals surface area contributed by atoms with Crippen molar-refractivity contribution in [2.45, 2.75) is 25.9 Å². The quantitative estimate of drug-likeness (QED) is 0.780. The molecule has 31 heavy (non-hydrogen) atoms. The van der Waals surface area contributed by atoms with Crippen molar-refractivity contribution in [3.8, 4) is 0 Å². The summed E-state index contributed by atoms with van der Waals surface area (Å²) in [6, 6.07) is 17.9. The topological polar surface area (TPSA) is 68.2 Å². The first-order valence-corrected chi connectivity index (χ1v) is 10.8. The van der Waals surface area contributed by atoms with Gasteiger partial charge in [-0.05, 0) is 24.2 Å². The molecule has 162 valence electrons. The molecular weight excluding hydrogens is 390 g/mol. The number of likely N-dealkylation sites (N-methyl/N-ethyl adjacent to an activating group) is 1. The van der Waals surface area contributed by atoms with Crippen LogP contribution in [0.3, 0.4) is 0 Å². The number of hydrogen-bond donors (Lipinski definition) is 1. The lowest BCUT2D eigenvalue weighted by atomic mass is 10.1. The lowest BCUT2D eigenvalue weighted by Crippen LogP contribution is -2.45. The summed E-state index contributed by atoms with van der Waals surface area (Å²) < 4.78 is 0. The molecule has 0 radical (unpaired) electrons. The fraction of sp³-hybridized carbons (Fsp3) is 0.375. The second-order valence-corrected chi connectivity index (χ2v) is 8.09. The molecule has 7 heteroatoms. The summed E-state index contributed by atoms with van der Waals surface area (Å²) in [6.45, 7) is 4.83. The number of para-hydroxylation sites is 1. The summed E-state index contributed by atoms with van der Waals surface area (Å²) in [4.78, 5) is 29.8. The van der Waals surface area contributed by atoms with E-state index in [2.05, 4.69) is 39.4 Å². The summed E-state index contributed by atoms with van der Waals surface area (Å²) in [5.41, 5.74) is 3.66. The van der Waals surface area contributed by atoms with Crippen molar-refractivity contribution in [1.29, 1.82) is 0 Å². The van der Waals surface area contributed by atoms with Crippen LogP contribution in [0.2, 0.25) is 0 Å². The van der Waals surface area contributed by atoms with E-state index in [1.54, 1.807) is 0 Å². The Kier molecular flexibility index (Phi) is 6.62. The van der Waals surface area contributed by atoms with E-state index in [9.17, 15) is 9.59 Å². The van der Waals surface area contributed by atoms with Gasteiger partial charge in [-0.15, -0.1) is 0 Å². The lowest BCUT2D eigenvalue weighted by molar-refractivity contribution is -0.132. The minimum atomic E-state index is -0.209. The SMILES string of the molecule is CN1CCN(c2ccccc2CNC(=O)C2=NN(Cc3ccccc3)C(=O)CC2)CC1. The highest BCUT2D eigenvalue weighted by molar-refractivity contribution is 6.39. The Labute approximate surface area is 183 Å². The molecule has 0 atom stereocenters. The molecule has 1 N–H and O–H groups in total. The normalized spacial score (nSPS) is 17.5. The van der Waals surface area contributed by atoms with E-state index < -0.39 is 0 Å². The van der Waals surface area contributed by atoms with Crippen LogP contribution in [0.25, 0.3) is 0 Å². The van der Waals surface area contributed by atoms with Crippen molar-refractivity contribution in [2.24, 2.45) is 5.10 Å². The molecule has 2 aliphatic heterocycles. The Hall–Kier alpha value is -3.19. The third-order valence-electron chi connectivity index (χ3n) is 5.82. The molecule has 2 aromatic carbocycles. The average Bonchev–Trinajstić information content (AvgIpc) is 2.80. The van der Waals surface area contributed by atoms with E-state index in [0.717, 1.165) is 37.3 Å². The first-order chi connectivity index (χ1) is 15.1. The third-order valence-corrected chi connectivity index (χ3v) is 5.82. The zero-order valence-corrected chi connectivity index (χ0v) is 18.0. The standard InChI is InChI=1S/C24H29N5O2/c1-27-13-15-28(16-14-27)22-10-6-5-9-20(22)17-25-24(31)21-11-12-23(30)29(26-21)18-19-7-3-2-4-8-19/h2-10H,11-18H2,1H3,(H,25,31). The Morgan fingerprint density at radius 1 is 0.968 bits per heavy atom. The maximum Gasteiger partial charge on any atom is 0.267 e. The van der Waals surface area contributed by atoms with Gasteiger partial charge in [-0.1, -0.05) is 48.5 Å². The number of piperazine rings is 1. The summed E-state index contributed by atoms with van der Waals surface area (Å²) in [6.07, 6.45) is 0.674. The molecule has 2 aromatic rings. The van der Waals surface area contributed by atoms with Gasteiger partial charge in [-0.25, -0.2) is 5.01 Å². The second kappa shape index (κ2) is 9.75. The van der Waals surface area contributed by atoms with E-state index >= 15 is 0 Å². The molecule has 0 aromatic heterocycles. The van der Waals surface area contributed by atoms with Crippen LogP contribution in [0.1, 0.15) is 24.0 Å². The van der Waals surface area contributed by atoms with Gasteiger partial charge in [0.1, 0.15) is 5.71 Å². The van der Waals surface area contributed by atoms with E-state index in [-0.39, 0.29) is 11.8 Å². The predicted octanol–water partition coefficient (Wildman–Crippen LogP) is 2.23. The van der Waals surface area contributed by atoms with Crippen LogP contribution in [0.5, 0.6) is 0 Å². The van der Waals surface area contributed by atoms with Gasteiger partial charge in [0.2, 0.25) is 5.91 Å². The fourth-order valence-electron chi connectivity index (χ4n) is 3.94. The molecule has 1 saturated heterocycles. The maximum absolute atomic E-state index is 12.8. The fourth-order valence-corrected chi connectivity index (χ4v) is 3.94. The van der Waals surface area contributed by atoms with Crippen molar-refractivity contribution in [3.63, 3.8) is 0 Å². The highest BCUT2D eigenvalue weighted by atomic mass is 16.2. The summed E-state index contributed by atoms with van der Waals surface area (Å²) in [5, 5.41) is 8.78. The molecule has 0 unspecified atom stereocenters. The zero-order valence-electron chi connectivity index (χ0n) is 18.0. The summed E-state index contributed by atoms with van der Waals surface area (Å²) >= 11 is 0. The van der Waals surface area contributed by atoms with E-state index in [1.165, 1.54) is 10.7 Å². The van der Waals surface area contributed by atoms with Crippen molar-refractivity contribution < 1.29 is 9.59 Å². The minimum absolute atomic E-state index is 0.0548. The Bertz CT molecular complexity index is 951. The molecule has 0 saturated carbocycles. The lowest BCUT2D eigenvalue weighted by Gasteiger charge is -2.35. The van der Waals surface area contributed by atoms with Gasteiger partial charge < -0.3 is 15.1 Å². The molecule has 0 spiro atoms.